The Labute approximate surface area is 109 Å². The minimum absolute atomic E-state index is 0.206. The number of rotatable bonds is 4. The highest BCUT2D eigenvalue weighted by Gasteiger charge is 2.34. The first kappa shape index (κ1) is 13.5. The molecule has 1 rings (SSSR count). The average Bonchev–Trinajstić information content (AvgIpc) is 2.64. The SMILES string of the molecule is CCOC(=O)C(C)(C)N(C)c1cc(Br)cs1. The van der Waals surface area contributed by atoms with Gasteiger partial charge in [0.05, 0.1) is 11.6 Å². The lowest BCUT2D eigenvalue weighted by atomic mass is 10.0. The van der Waals surface area contributed by atoms with Crippen LogP contribution in [0, 0.1) is 0 Å². The first-order chi connectivity index (χ1) is 7.39. The standard InChI is InChI=1S/C11H16BrNO2S/c1-5-15-10(14)11(2,3)13(4)9-6-8(12)7-16-9/h6-7H,5H2,1-4H3. The van der Waals surface area contributed by atoms with E-state index in [4.69, 9.17) is 4.74 Å². The van der Waals surface area contributed by atoms with E-state index in [-0.39, 0.29) is 5.97 Å². The van der Waals surface area contributed by atoms with Gasteiger partial charge in [-0.25, -0.2) is 4.79 Å². The van der Waals surface area contributed by atoms with E-state index in [0.717, 1.165) is 9.47 Å². The second kappa shape index (κ2) is 5.19. The van der Waals surface area contributed by atoms with Gasteiger partial charge in [-0.3, -0.25) is 0 Å². The molecule has 0 bridgehead atoms. The maximum Gasteiger partial charge on any atom is 0.331 e. The number of ether oxygens (including phenoxy) is 1. The highest BCUT2D eigenvalue weighted by molar-refractivity contribution is 9.10. The minimum atomic E-state index is -0.652. The summed E-state index contributed by atoms with van der Waals surface area (Å²) in [5, 5.41) is 3.03. The lowest BCUT2D eigenvalue weighted by molar-refractivity contribution is -0.148. The highest BCUT2D eigenvalue weighted by Crippen LogP contribution is 2.32. The molecule has 0 amide bonds. The first-order valence-electron chi connectivity index (χ1n) is 5.04. The number of carbonyl (C=O) groups is 1. The van der Waals surface area contributed by atoms with E-state index in [1.807, 2.05) is 44.2 Å². The molecule has 0 saturated heterocycles. The fourth-order valence-electron chi connectivity index (χ4n) is 1.20. The van der Waals surface area contributed by atoms with Crippen LogP contribution in [0.2, 0.25) is 0 Å². The third-order valence-corrected chi connectivity index (χ3v) is 4.26. The van der Waals surface area contributed by atoms with Crippen molar-refractivity contribution in [3.8, 4) is 0 Å². The number of carbonyl (C=O) groups excluding carboxylic acids is 1. The highest BCUT2D eigenvalue weighted by atomic mass is 79.9. The number of halogens is 1. The van der Waals surface area contributed by atoms with E-state index in [1.165, 1.54) is 0 Å². The van der Waals surface area contributed by atoms with E-state index in [9.17, 15) is 4.79 Å². The van der Waals surface area contributed by atoms with Gasteiger partial charge in [0.2, 0.25) is 0 Å². The van der Waals surface area contributed by atoms with Crippen LogP contribution in [0.25, 0.3) is 0 Å². The van der Waals surface area contributed by atoms with Crippen molar-refractivity contribution in [2.75, 3.05) is 18.6 Å². The van der Waals surface area contributed by atoms with Crippen LogP contribution in [0.3, 0.4) is 0 Å². The molecule has 90 valence electrons. The smallest absolute Gasteiger partial charge is 0.331 e. The van der Waals surface area contributed by atoms with Crippen molar-refractivity contribution in [2.24, 2.45) is 0 Å². The average molecular weight is 306 g/mol. The summed E-state index contributed by atoms with van der Waals surface area (Å²) < 4.78 is 6.10. The van der Waals surface area contributed by atoms with Gasteiger partial charge in [-0.1, -0.05) is 0 Å². The molecule has 0 aliphatic heterocycles. The maximum absolute atomic E-state index is 11.8. The zero-order chi connectivity index (χ0) is 12.3. The summed E-state index contributed by atoms with van der Waals surface area (Å²) >= 11 is 4.99. The monoisotopic (exact) mass is 305 g/mol. The Morgan fingerprint density at radius 3 is 2.69 bits per heavy atom. The molecule has 1 aromatic rings. The van der Waals surface area contributed by atoms with Crippen LogP contribution < -0.4 is 4.90 Å². The Hall–Kier alpha value is -0.550. The van der Waals surface area contributed by atoms with E-state index in [2.05, 4.69) is 15.9 Å². The van der Waals surface area contributed by atoms with Gasteiger partial charge in [-0.2, -0.15) is 0 Å². The van der Waals surface area contributed by atoms with Crippen LogP contribution >= 0.6 is 27.3 Å². The second-order valence-electron chi connectivity index (χ2n) is 3.94. The number of likely N-dealkylation sites (N-methyl/N-ethyl adjacent to an activating group) is 1. The third kappa shape index (κ3) is 2.77. The molecular formula is C11H16BrNO2S. The minimum Gasteiger partial charge on any atom is -0.464 e. The van der Waals surface area contributed by atoms with Crippen molar-refractivity contribution in [3.05, 3.63) is 15.9 Å². The molecule has 3 nitrogen and oxygen atoms in total. The summed E-state index contributed by atoms with van der Waals surface area (Å²) in [6.45, 7) is 5.94. The molecule has 0 N–H and O–H groups in total. The van der Waals surface area contributed by atoms with Gasteiger partial charge in [0.15, 0.2) is 0 Å². The fraction of sp³-hybridized carbons (Fsp3) is 0.545. The number of hydrogen-bond donors (Lipinski definition) is 0. The fourth-order valence-corrected chi connectivity index (χ4v) is 2.73. The lowest BCUT2D eigenvalue weighted by Gasteiger charge is -2.33. The summed E-state index contributed by atoms with van der Waals surface area (Å²) in [7, 11) is 1.90. The molecule has 5 heteroatoms. The maximum atomic E-state index is 11.8. The predicted molar refractivity (Wildman–Crippen MR) is 71.1 cm³/mol. The molecule has 0 aliphatic rings. The molecule has 0 atom stereocenters. The number of nitrogens with zero attached hydrogens (tertiary/aromatic N) is 1. The van der Waals surface area contributed by atoms with E-state index in [0.29, 0.717) is 6.61 Å². The van der Waals surface area contributed by atoms with Crippen molar-refractivity contribution in [2.45, 2.75) is 26.3 Å². The van der Waals surface area contributed by atoms with Gasteiger partial charge in [0.25, 0.3) is 0 Å². The van der Waals surface area contributed by atoms with Crippen molar-refractivity contribution in [1.82, 2.24) is 0 Å². The van der Waals surface area contributed by atoms with Gasteiger partial charge in [-0.15, -0.1) is 11.3 Å². The third-order valence-electron chi connectivity index (χ3n) is 2.50. The Morgan fingerprint density at radius 1 is 1.62 bits per heavy atom. The number of esters is 1. The van der Waals surface area contributed by atoms with Gasteiger partial charge >= 0.3 is 5.97 Å². The normalized spacial score (nSPS) is 11.3. The lowest BCUT2D eigenvalue weighted by Crippen LogP contribution is -2.48. The van der Waals surface area contributed by atoms with Crippen molar-refractivity contribution in [1.29, 1.82) is 0 Å². The Morgan fingerprint density at radius 2 is 2.25 bits per heavy atom. The molecule has 1 heterocycles. The summed E-state index contributed by atoms with van der Waals surface area (Å²) in [5.41, 5.74) is -0.652. The van der Waals surface area contributed by atoms with Crippen LogP contribution in [0.4, 0.5) is 5.00 Å². The van der Waals surface area contributed by atoms with E-state index >= 15 is 0 Å². The summed E-state index contributed by atoms with van der Waals surface area (Å²) in [4.78, 5) is 13.7. The van der Waals surface area contributed by atoms with Crippen LogP contribution in [0.15, 0.2) is 15.9 Å². The Balaban J connectivity index is 2.87. The van der Waals surface area contributed by atoms with Crippen molar-refractivity contribution < 1.29 is 9.53 Å². The van der Waals surface area contributed by atoms with Gasteiger partial charge in [0.1, 0.15) is 5.54 Å². The molecule has 0 aromatic carbocycles. The van der Waals surface area contributed by atoms with Crippen LogP contribution in [-0.2, 0) is 9.53 Å². The number of hydrogen-bond acceptors (Lipinski definition) is 4. The number of anilines is 1. The molecule has 0 unspecified atom stereocenters. The first-order valence-corrected chi connectivity index (χ1v) is 6.72. The molecule has 0 aliphatic carbocycles. The quantitative estimate of drug-likeness (QED) is 0.800. The molecule has 0 spiro atoms. The molecular weight excluding hydrogens is 290 g/mol. The Bertz CT molecular complexity index is 376. The van der Waals surface area contributed by atoms with Crippen molar-refractivity contribution in [3.63, 3.8) is 0 Å². The molecule has 0 fully saturated rings. The summed E-state index contributed by atoms with van der Waals surface area (Å²) in [6.07, 6.45) is 0. The predicted octanol–water partition coefficient (Wildman–Crippen LogP) is 3.29. The van der Waals surface area contributed by atoms with Crippen LogP contribution in [0.1, 0.15) is 20.8 Å². The van der Waals surface area contributed by atoms with E-state index < -0.39 is 5.54 Å². The second-order valence-corrected chi connectivity index (χ2v) is 5.75. The molecule has 1 aromatic heterocycles. The van der Waals surface area contributed by atoms with Crippen molar-refractivity contribution >= 4 is 38.2 Å². The van der Waals surface area contributed by atoms with Gasteiger partial charge in [0, 0.05) is 16.9 Å². The number of thiophene rings is 1. The molecule has 0 radical (unpaired) electrons. The van der Waals surface area contributed by atoms with E-state index in [1.54, 1.807) is 11.3 Å². The molecule has 0 saturated carbocycles. The van der Waals surface area contributed by atoms with Crippen LogP contribution in [0.5, 0.6) is 0 Å². The largest absolute Gasteiger partial charge is 0.464 e. The topological polar surface area (TPSA) is 29.5 Å². The summed E-state index contributed by atoms with van der Waals surface area (Å²) in [5.74, 6) is -0.206. The zero-order valence-corrected chi connectivity index (χ0v) is 12.3. The van der Waals surface area contributed by atoms with Gasteiger partial charge < -0.3 is 9.64 Å². The zero-order valence-electron chi connectivity index (χ0n) is 9.91. The molecule has 16 heavy (non-hydrogen) atoms. The summed E-state index contributed by atoms with van der Waals surface area (Å²) in [6, 6.07) is 1.99. The Kier molecular flexibility index (Phi) is 4.38. The van der Waals surface area contributed by atoms with Crippen LogP contribution in [-0.4, -0.2) is 25.2 Å². The van der Waals surface area contributed by atoms with Gasteiger partial charge in [-0.05, 0) is 42.8 Å².